The van der Waals surface area contributed by atoms with Gasteiger partial charge in [0.05, 0.1) is 0 Å². The Balaban J connectivity index is 2.20. The zero-order chi connectivity index (χ0) is 7.85. The third kappa shape index (κ3) is 0.361. The lowest BCUT2D eigenvalue weighted by Gasteiger charge is -2.51. The van der Waals surface area contributed by atoms with Gasteiger partial charge in [-0.15, -0.1) is 0 Å². The van der Waals surface area contributed by atoms with Crippen LogP contribution in [-0.2, 0) is 4.79 Å². The van der Waals surface area contributed by atoms with Crippen molar-refractivity contribution in [1.29, 1.82) is 0 Å². The van der Waals surface area contributed by atoms with Crippen LogP contribution in [0.15, 0.2) is 0 Å². The Hall–Kier alpha value is -0.330. The Kier molecular flexibility index (Phi) is 0.733. The first-order valence-corrected chi connectivity index (χ1v) is 4.62. The van der Waals surface area contributed by atoms with E-state index < -0.39 is 0 Å². The number of ketones is 1. The normalized spacial score (nSPS) is 65.1. The van der Waals surface area contributed by atoms with Crippen LogP contribution in [0.5, 0.6) is 0 Å². The van der Waals surface area contributed by atoms with E-state index in [0.29, 0.717) is 11.2 Å². The minimum Gasteiger partial charge on any atom is -0.299 e. The lowest BCUT2D eigenvalue weighted by atomic mass is 9.51. The van der Waals surface area contributed by atoms with Crippen LogP contribution in [0.1, 0.15) is 33.1 Å². The fraction of sp³-hybridized carbons (Fsp3) is 0.900. The first kappa shape index (κ1) is 6.22. The topological polar surface area (TPSA) is 17.1 Å². The van der Waals surface area contributed by atoms with E-state index in [2.05, 4.69) is 13.8 Å². The highest BCUT2D eigenvalue weighted by Gasteiger charge is 2.75. The van der Waals surface area contributed by atoms with Crippen molar-refractivity contribution < 1.29 is 4.79 Å². The summed E-state index contributed by atoms with van der Waals surface area (Å²) in [6, 6.07) is 0. The zero-order valence-corrected chi connectivity index (χ0v) is 7.18. The second-order valence-electron chi connectivity index (χ2n) is 5.08. The molecule has 11 heavy (non-hydrogen) atoms. The molecule has 0 radical (unpaired) electrons. The molecule has 4 rings (SSSR count). The van der Waals surface area contributed by atoms with Crippen LogP contribution in [-0.4, -0.2) is 5.78 Å². The Labute approximate surface area is 67.2 Å². The van der Waals surface area contributed by atoms with Crippen molar-refractivity contribution in [1.82, 2.24) is 0 Å². The maximum atomic E-state index is 11.6. The van der Waals surface area contributed by atoms with Gasteiger partial charge in [-0.1, -0.05) is 13.8 Å². The van der Waals surface area contributed by atoms with Crippen molar-refractivity contribution in [3.05, 3.63) is 0 Å². The van der Waals surface area contributed by atoms with E-state index in [-0.39, 0.29) is 5.41 Å². The summed E-state index contributed by atoms with van der Waals surface area (Å²) in [4.78, 5) is 11.6. The predicted molar refractivity (Wildman–Crippen MR) is 42.1 cm³/mol. The highest BCUT2D eigenvalue weighted by molar-refractivity contribution is 5.91. The SMILES string of the molecule is C[C@]12C[C@@H]3C[C@H]1CC(=O)[C@@]32C. The summed E-state index contributed by atoms with van der Waals surface area (Å²) in [5.41, 5.74) is 0.548. The van der Waals surface area contributed by atoms with Crippen LogP contribution in [0, 0.1) is 22.7 Å². The van der Waals surface area contributed by atoms with Crippen molar-refractivity contribution in [2.75, 3.05) is 0 Å². The summed E-state index contributed by atoms with van der Waals surface area (Å²) in [5, 5.41) is 0. The molecule has 4 saturated carbocycles. The van der Waals surface area contributed by atoms with Gasteiger partial charge in [-0.25, -0.2) is 0 Å². The highest BCUT2D eigenvalue weighted by atomic mass is 16.1. The minimum atomic E-state index is 0.123. The molecule has 4 aliphatic rings. The smallest absolute Gasteiger partial charge is 0.139 e. The fourth-order valence-electron chi connectivity index (χ4n) is 4.07. The van der Waals surface area contributed by atoms with Crippen LogP contribution in [0.2, 0.25) is 0 Å². The van der Waals surface area contributed by atoms with Crippen LogP contribution in [0.3, 0.4) is 0 Å². The molecule has 4 bridgehead atoms. The van der Waals surface area contributed by atoms with E-state index in [1.54, 1.807) is 0 Å². The van der Waals surface area contributed by atoms with Crippen LogP contribution in [0.25, 0.3) is 0 Å². The van der Waals surface area contributed by atoms with Crippen molar-refractivity contribution in [3.63, 3.8) is 0 Å². The average Bonchev–Trinajstić information content (AvgIpc) is 2.40. The molecule has 0 heterocycles. The molecule has 0 saturated heterocycles. The van der Waals surface area contributed by atoms with Gasteiger partial charge in [-0.2, -0.15) is 0 Å². The van der Waals surface area contributed by atoms with Gasteiger partial charge in [-0.3, -0.25) is 4.79 Å². The van der Waals surface area contributed by atoms with E-state index in [1.165, 1.54) is 12.8 Å². The first-order chi connectivity index (χ1) is 5.09. The molecule has 4 atom stereocenters. The third-order valence-corrected chi connectivity index (χ3v) is 5.15. The first-order valence-electron chi connectivity index (χ1n) is 4.62. The van der Waals surface area contributed by atoms with Gasteiger partial charge >= 0.3 is 0 Å². The molecule has 4 aliphatic carbocycles. The Morgan fingerprint density at radius 2 is 2.09 bits per heavy atom. The van der Waals surface area contributed by atoms with Crippen LogP contribution < -0.4 is 0 Å². The summed E-state index contributed by atoms with van der Waals surface area (Å²) < 4.78 is 0. The van der Waals surface area contributed by atoms with Crippen molar-refractivity contribution in [2.24, 2.45) is 22.7 Å². The molecule has 0 aromatic rings. The summed E-state index contributed by atoms with van der Waals surface area (Å²) in [6.45, 7) is 4.53. The molecule has 60 valence electrons. The largest absolute Gasteiger partial charge is 0.299 e. The molecule has 0 unspecified atom stereocenters. The molecule has 1 nitrogen and oxygen atoms in total. The summed E-state index contributed by atoms with van der Waals surface area (Å²) >= 11 is 0. The maximum absolute atomic E-state index is 11.6. The zero-order valence-electron chi connectivity index (χ0n) is 7.18. The molecule has 0 amide bonds. The van der Waals surface area contributed by atoms with Crippen LogP contribution in [0.4, 0.5) is 0 Å². The number of carbonyl (C=O) groups excluding carboxylic acids is 1. The van der Waals surface area contributed by atoms with Crippen molar-refractivity contribution in [2.45, 2.75) is 33.1 Å². The monoisotopic (exact) mass is 150 g/mol. The highest BCUT2D eigenvalue weighted by Crippen LogP contribution is 2.78. The molecule has 0 spiro atoms. The molecular formula is C10H14O. The number of hydrogen-bond donors (Lipinski definition) is 0. The quantitative estimate of drug-likeness (QED) is 0.516. The number of carbonyl (C=O) groups is 1. The van der Waals surface area contributed by atoms with E-state index in [9.17, 15) is 4.79 Å². The number of hydrogen-bond acceptors (Lipinski definition) is 1. The second kappa shape index (κ2) is 1.30. The summed E-state index contributed by atoms with van der Waals surface area (Å²) in [6.07, 6.45) is 3.57. The average molecular weight is 150 g/mol. The second-order valence-corrected chi connectivity index (χ2v) is 5.08. The molecule has 0 aliphatic heterocycles. The maximum Gasteiger partial charge on any atom is 0.139 e. The van der Waals surface area contributed by atoms with Crippen LogP contribution >= 0.6 is 0 Å². The standard InChI is InChI=1S/C10H14O/c1-9-5-7-3-6(9)4-8(11)10(7,9)2/h6-7H,3-5H2,1-2H3/t6-,7-,9-,10+/m0/s1. The van der Waals surface area contributed by atoms with E-state index in [0.717, 1.165) is 18.3 Å². The molecular weight excluding hydrogens is 136 g/mol. The van der Waals surface area contributed by atoms with E-state index in [1.807, 2.05) is 0 Å². The van der Waals surface area contributed by atoms with E-state index >= 15 is 0 Å². The Bertz CT molecular complexity index is 256. The fourth-order valence-corrected chi connectivity index (χ4v) is 4.07. The van der Waals surface area contributed by atoms with Gasteiger partial charge in [0, 0.05) is 11.8 Å². The lowest BCUT2D eigenvalue weighted by Crippen LogP contribution is -2.50. The Morgan fingerprint density at radius 3 is 2.45 bits per heavy atom. The third-order valence-electron chi connectivity index (χ3n) is 5.15. The summed E-state index contributed by atoms with van der Waals surface area (Å²) in [5.74, 6) is 2.08. The van der Waals surface area contributed by atoms with Crippen molar-refractivity contribution in [3.8, 4) is 0 Å². The van der Waals surface area contributed by atoms with Crippen molar-refractivity contribution >= 4 is 5.78 Å². The van der Waals surface area contributed by atoms with Gasteiger partial charge in [0.2, 0.25) is 0 Å². The minimum absolute atomic E-state index is 0.123. The summed E-state index contributed by atoms with van der Waals surface area (Å²) in [7, 11) is 0. The molecule has 4 fully saturated rings. The van der Waals surface area contributed by atoms with E-state index in [4.69, 9.17) is 0 Å². The number of rotatable bonds is 0. The lowest BCUT2D eigenvalue weighted by molar-refractivity contribution is -0.142. The predicted octanol–water partition coefficient (Wildman–Crippen LogP) is 2.01. The molecule has 0 N–H and O–H groups in total. The number of Topliss-reactive ketones (excluding diaryl/α,β-unsaturated/α-hetero) is 1. The Morgan fingerprint density at radius 1 is 1.36 bits per heavy atom. The molecule has 0 aromatic heterocycles. The van der Waals surface area contributed by atoms with Gasteiger partial charge in [-0.05, 0) is 30.1 Å². The molecule has 1 heteroatoms. The van der Waals surface area contributed by atoms with Gasteiger partial charge in [0.25, 0.3) is 0 Å². The van der Waals surface area contributed by atoms with Gasteiger partial charge < -0.3 is 0 Å². The van der Waals surface area contributed by atoms with Gasteiger partial charge in [0.1, 0.15) is 5.78 Å². The molecule has 0 aromatic carbocycles. The van der Waals surface area contributed by atoms with Gasteiger partial charge in [0.15, 0.2) is 0 Å².